The van der Waals surface area contributed by atoms with Gasteiger partial charge in [-0.1, -0.05) is 6.07 Å². The number of nitrogens with zero attached hydrogens (tertiary/aromatic N) is 1. The number of rotatable bonds is 1. The molecule has 0 atom stereocenters. The molecule has 17 heavy (non-hydrogen) atoms. The maximum Gasteiger partial charge on any atom is 0.443 e. The van der Waals surface area contributed by atoms with E-state index < -0.39 is 11.2 Å². The van der Waals surface area contributed by atoms with Gasteiger partial charge in [-0.15, -0.1) is 11.3 Å². The largest absolute Gasteiger partial charge is 0.443 e. The molecular weight excluding hydrogens is 249 g/mol. The summed E-state index contributed by atoms with van der Waals surface area (Å²) in [5.74, 6) is 0. The Balaban J connectivity index is 2.44. The molecule has 2 aromatic rings. The Labute approximate surface area is 99.9 Å². The predicted molar refractivity (Wildman–Crippen MR) is 61.7 cm³/mol. The van der Waals surface area contributed by atoms with Crippen LogP contribution in [0.15, 0.2) is 24.4 Å². The lowest BCUT2D eigenvalue weighted by Gasteiger charge is -2.02. The van der Waals surface area contributed by atoms with E-state index >= 15 is 0 Å². The van der Waals surface area contributed by atoms with Crippen molar-refractivity contribution in [1.82, 2.24) is 4.98 Å². The highest BCUT2D eigenvalue weighted by atomic mass is 32.1. The van der Waals surface area contributed by atoms with E-state index in [0.29, 0.717) is 27.5 Å². The fourth-order valence-electron chi connectivity index (χ4n) is 1.49. The van der Waals surface area contributed by atoms with Crippen LogP contribution in [0.1, 0.15) is 10.6 Å². The number of aromatic nitrogens is 1. The molecule has 1 aromatic carbocycles. The molecule has 0 aliphatic carbocycles. The van der Waals surface area contributed by atoms with Crippen LogP contribution in [0.4, 0.5) is 18.9 Å². The summed E-state index contributed by atoms with van der Waals surface area (Å²) in [6, 6.07) is 5.18. The average Bonchev–Trinajstić information content (AvgIpc) is 2.63. The van der Waals surface area contributed by atoms with Crippen LogP contribution in [0.3, 0.4) is 0 Å². The molecule has 1 heterocycles. The van der Waals surface area contributed by atoms with Gasteiger partial charge in [-0.25, -0.2) is 4.98 Å². The molecule has 0 saturated carbocycles. The molecule has 2 nitrogen and oxygen atoms in total. The molecule has 6 heteroatoms. The predicted octanol–water partition coefficient (Wildman–Crippen LogP) is 3.72. The van der Waals surface area contributed by atoms with Crippen molar-refractivity contribution in [2.45, 2.75) is 13.1 Å². The summed E-state index contributed by atoms with van der Waals surface area (Å²) in [7, 11) is 0. The second kappa shape index (κ2) is 4.03. The van der Waals surface area contributed by atoms with E-state index in [9.17, 15) is 13.2 Å². The number of nitrogens with two attached hydrogens (primary N) is 1. The fourth-order valence-corrected chi connectivity index (χ4v) is 2.26. The van der Waals surface area contributed by atoms with E-state index in [4.69, 9.17) is 5.73 Å². The SMILES string of the molecule is Cc1cc(N)cc(-c2cnc(C(F)(F)F)s2)c1. The quantitative estimate of drug-likeness (QED) is 0.792. The minimum absolute atomic E-state index is 0.465. The van der Waals surface area contributed by atoms with E-state index in [0.717, 1.165) is 5.56 Å². The number of hydrogen-bond donors (Lipinski definition) is 1. The molecule has 2 N–H and O–H groups in total. The Morgan fingerprint density at radius 2 is 1.94 bits per heavy atom. The van der Waals surface area contributed by atoms with Gasteiger partial charge >= 0.3 is 6.18 Å². The summed E-state index contributed by atoms with van der Waals surface area (Å²) in [5.41, 5.74) is 7.75. The van der Waals surface area contributed by atoms with Crippen molar-refractivity contribution in [2.75, 3.05) is 5.73 Å². The Morgan fingerprint density at radius 3 is 2.47 bits per heavy atom. The summed E-state index contributed by atoms with van der Waals surface area (Å²) in [5, 5.41) is -0.840. The summed E-state index contributed by atoms with van der Waals surface area (Å²) >= 11 is 0.619. The van der Waals surface area contributed by atoms with E-state index in [1.165, 1.54) is 6.20 Å². The highest BCUT2D eigenvalue weighted by Gasteiger charge is 2.34. The zero-order chi connectivity index (χ0) is 12.6. The van der Waals surface area contributed by atoms with Crippen molar-refractivity contribution in [3.63, 3.8) is 0 Å². The van der Waals surface area contributed by atoms with Gasteiger partial charge in [0.05, 0.1) is 4.88 Å². The highest BCUT2D eigenvalue weighted by molar-refractivity contribution is 7.15. The van der Waals surface area contributed by atoms with Crippen molar-refractivity contribution >= 4 is 17.0 Å². The van der Waals surface area contributed by atoms with Crippen molar-refractivity contribution in [2.24, 2.45) is 0 Å². The van der Waals surface area contributed by atoms with Gasteiger partial charge in [0.15, 0.2) is 5.01 Å². The van der Waals surface area contributed by atoms with Crippen molar-refractivity contribution in [3.8, 4) is 10.4 Å². The van der Waals surface area contributed by atoms with Gasteiger partial charge in [0.25, 0.3) is 0 Å². The third-order valence-corrected chi connectivity index (χ3v) is 3.22. The summed E-state index contributed by atoms with van der Waals surface area (Å²) < 4.78 is 37.2. The molecule has 0 saturated heterocycles. The van der Waals surface area contributed by atoms with Crippen molar-refractivity contribution in [3.05, 3.63) is 35.0 Å². The van der Waals surface area contributed by atoms with Gasteiger partial charge in [-0.3, -0.25) is 0 Å². The fraction of sp³-hybridized carbons (Fsp3) is 0.182. The van der Waals surface area contributed by atoms with Crippen LogP contribution in [-0.2, 0) is 6.18 Å². The van der Waals surface area contributed by atoms with Crippen LogP contribution in [0, 0.1) is 6.92 Å². The first-order chi connectivity index (χ1) is 7.86. The van der Waals surface area contributed by atoms with Crippen LogP contribution in [0.2, 0.25) is 0 Å². The number of aryl methyl sites for hydroxylation is 1. The van der Waals surface area contributed by atoms with Crippen molar-refractivity contribution < 1.29 is 13.2 Å². The summed E-state index contributed by atoms with van der Waals surface area (Å²) in [6.07, 6.45) is -3.17. The van der Waals surface area contributed by atoms with Gasteiger partial charge < -0.3 is 5.73 Å². The number of nitrogen functional groups attached to an aromatic ring is 1. The van der Waals surface area contributed by atoms with Crippen LogP contribution < -0.4 is 5.73 Å². The van der Waals surface area contributed by atoms with Crippen LogP contribution in [-0.4, -0.2) is 4.98 Å². The number of alkyl halides is 3. The number of benzene rings is 1. The molecule has 0 unspecified atom stereocenters. The normalized spacial score (nSPS) is 11.8. The molecule has 1 aromatic heterocycles. The Hall–Kier alpha value is -1.56. The van der Waals surface area contributed by atoms with Crippen molar-refractivity contribution in [1.29, 1.82) is 0 Å². The lowest BCUT2D eigenvalue weighted by molar-refractivity contribution is -0.137. The van der Waals surface area contributed by atoms with Crippen LogP contribution >= 0.6 is 11.3 Å². The number of thiazole rings is 1. The molecule has 0 fully saturated rings. The zero-order valence-electron chi connectivity index (χ0n) is 8.88. The minimum Gasteiger partial charge on any atom is -0.399 e. The lowest BCUT2D eigenvalue weighted by Crippen LogP contribution is -2.02. The topological polar surface area (TPSA) is 38.9 Å². The first-order valence-electron chi connectivity index (χ1n) is 4.77. The molecular formula is C11H9F3N2S. The van der Waals surface area contributed by atoms with E-state index in [-0.39, 0.29) is 0 Å². The molecule has 0 spiro atoms. The van der Waals surface area contributed by atoms with E-state index in [2.05, 4.69) is 4.98 Å². The summed E-state index contributed by atoms with van der Waals surface area (Å²) in [4.78, 5) is 3.84. The maximum absolute atomic E-state index is 12.4. The smallest absolute Gasteiger partial charge is 0.399 e. The van der Waals surface area contributed by atoms with Crippen LogP contribution in [0.25, 0.3) is 10.4 Å². The Morgan fingerprint density at radius 1 is 1.24 bits per heavy atom. The number of halogens is 3. The van der Waals surface area contributed by atoms with Gasteiger partial charge in [0.2, 0.25) is 0 Å². The standard InChI is InChI=1S/C11H9F3N2S/c1-6-2-7(4-8(15)3-6)9-5-16-10(17-9)11(12,13)14/h2-5H,15H2,1H3. The zero-order valence-corrected chi connectivity index (χ0v) is 9.69. The molecule has 0 aliphatic rings. The molecule has 0 bridgehead atoms. The summed E-state index contributed by atoms with van der Waals surface area (Å²) in [6.45, 7) is 1.84. The molecule has 2 rings (SSSR count). The second-order valence-electron chi connectivity index (χ2n) is 3.66. The van der Waals surface area contributed by atoms with Gasteiger partial charge in [0.1, 0.15) is 0 Å². The third kappa shape index (κ3) is 2.58. The van der Waals surface area contributed by atoms with Crippen LogP contribution in [0.5, 0.6) is 0 Å². The van der Waals surface area contributed by atoms with Gasteiger partial charge in [0, 0.05) is 11.9 Å². The monoisotopic (exact) mass is 258 g/mol. The maximum atomic E-state index is 12.4. The number of hydrogen-bond acceptors (Lipinski definition) is 3. The Bertz CT molecular complexity index is 526. The average molecular weight is 258 g/mol. The van der Waals surface area contributed by atoms with Gasteiger partial charge in [-0.2, -0.15) is 13.2 Å². The minimum atomic E-state index is -4.39. The first-order valence-corrected chi connectivity index (χ1v) is 5.58. The molecule has 0 amide bonds. The van der Waals surface area contributed by atoms with Gasteiger partial charge in [-0.05, 0) is 30.2 Å². The lowest BCUT2D eigenvalue weighted by atomic mass is 10.1. The second-order valence-corrected chi connectivity index (χ2v) is 4.69. The van der Waals surface area contributed by atoms with E-state index in [1.54, 1.807) is 18.2 Å². The van der Waals surface area contributed by atoms with E-state index in [1.807, 2.05) is 6.92 Å². The molecule has 0 radical (unpaired) electrons. The highest BCUT2D eigenvalue weighted by Crippen LogP contribution is 2.36. The first kappa shape index (κ1) is 11.9. The third-order valence-electron chi connectivity index (χ3n) is 2.13. The number of anilines is 1. The Kier molecular flexibility index (Phi) is 2.82. The molecule has 0 aliphatic heterocycles. The molecule has 90 valence electrons.